The zero-order chi connectivity index (χ0) is 22.2. The summed E-state index contributed by atoms with van der Waals surface area (Å²) in [7, 11) is 1.24. The normalized spacial score (nSPS) is 15.1. The highest BCUT2D eigenvalue weighted by Gasteiger charge is 2.23. The van der Waals surface area contributed by atoms with E-state index in [0.717, 1.165) is 6.42 Å². The third-order valence-corrected chi connectivity index (χ3v) is 4.64. The van der Waals surface area contributed by atoms with Crippen LogP contribution in [0.4, 0.5) is 11.4 Å². The number of amides is 3. The third-order valence-electron chi connectivity index (χ3n) is 4.64. The van der Waals surface area contributed by atoms with E-state index in [2.05, 4.69) is 20.7 Å². The van der Waals surface area contributed by atoms with Gasteiger partial charge in [0.05, 0.1) is 7.11 Å². The second-order valence-electron chi connectivity index (χ2n) is 6.86. The van der Waals surface area contributed by atoms with Gasteiger partial charge < -0.3 is 25.4 Å². The van der Waals surface area contributed by atoms with Gasteiger partial charge in [0.25, 0.3) is 17.7 Å². The van der Waals surface area contributed by atoms with Gasteiger partial charge in [0.1, 0.15) is 12.6 Å². The summed E-state index contributed by atoms with van der Waals surface area (Å²) in [5, 5.41) is 7.94. The van der Waals surface area contributed by atoms with Gasteiger partial charge in [-0.3, -0.25) is 19.2 Å². The first kappa shape index (κ1) is 22.0. The van der Waals surface area contributed by atoms with Crippen molar-refractivity contribution in [3.8, 4) is 0 Å². The molecule has 3 amide bonds. The van der Waals surface area contributed by atoms with Gasteiger partial charge >= 0.3 is 5.97 Å². The molecule has 0 bridgehead atoms. The maximum atomic E-state index is 12.6. The first-order valence-electron chi connectivity index (χ1n) is 9.75. The number of esters is 1. The Labute approximate surface area is 179 Å². The standard InChI is InChI=1S/C22H23N3O6/c1-30-19(26)13-23-20(27)14-7-9-16(10-8-14)24-21(28)15-4-2-5-17(12-15)25-22(29)18-6-3-11-31-18/h2,4-5,7-10,12,18H,3,6,11,13H2,1H3,(H,23,27)(H,24,28)(H,25,29)/t18-/m1/s1. The average molecular weight is 425 g/mol. The summed E-state index contributed by atoms with van der Waals surface area (Å²) in [6, 6.07) is 12.8. The number of methoxy groups -OCH3 is 1. The first-order chi connectivity index (χ1) is 15.0. The Kier molecular flexibility index (Phi) is 7.34. The molecule has 1 aliphatic rings. The van der Waals surface area contributed by atoms with Crippen LogP contribution in [0.5, 0.6) is 0 Å². The molecule has 0 aromatic heterocycles. The van der Waals surface area contributed by atoms with Crippen LogP contribution < -0.4 is 16.0 Å². The molecule has 3 rings (SSSR count). The third kappa shape index (κ3) is 6.13. The number of hydrogen-bond acceptors (Lipinski definition) is 6. The lowest BCUT2D eigenvalue weighted by Gasteiger charge is -2.12. The number of anilines is 2. The molecule has 0 spiro atoms. The van der Waals surface area contributed by atoms with E-state index in [-0.39, 0.29) is 18.4 Å². The van der Waals surface area contributed by atoms with Crippen LogP contribution in [-0.4, -0.2) is 50.1 Å². The summed E-state index contributed by atoms with van der Waals surface area (Å²) >= 11 is 0. The molecule has 1 aliphatic heterocycles. The SMILES string of the molecule is COC(=O)CNC(=O)c1ccc(NC(=O)c2cccc(NC(=O)[C@H]3CCCO3)c2)cc1. The maximum Gasteiger partial charge on any atom is 0.325 e. The summed E-state index contributed by atoms with van der Waals surface area (Å²) in [6.45, 7) is 0.347. The van der Waals surface area contributed by atoms with Crippen LogP contribution in [-0.2, 0) is 19.1 Å². The number of benzene rings is 2. The fourth-order valence-corrected chi connectivity index (χ4v) is 2.98. The molecule has 0 unspecified atom stereocenters. The lowest BCUT2D eigenvalue weighted by atomic mass is 10.1. The second-order valence-corrected chi connectivity index (χ2v) is 6.86. The van der Waals surface area contributed by atoms with Crippen molar-refractivity contribution in [2.75, 3.05) is 30.9 Å². The molecular weight excluding hydrogens is 402 g/mol. The van der Waals surface area contributed by atoms with Crippen molar-refractivity contribution in [3.05, 3.63) is 59.7 Å². The van der Waals surface area contributed by atoms with Crippen molar-refractivity contribution < 1.29 is 28.7 Å². The van der Waals surface area contributed by atoms with Crippen molar-refractivity contribution in [1.82, 2.24) is 5.32 Å². The van der Waals surface area contributed by atoms with Crippen molar-refractivity contribution in [3.63, 3.8) is 0 Å². The van der Waals surface area contributed by atoms with E-state index in [9.17, 15) is 19.2 Å². The molecular formula is C22H23N3O6. The van der Waals surface area contributed by atoms with Crippen LogP contribution in [0.15, 0.2) is 48.5 Å². The van der Waals surface area contributed by atoms with E-state index in [1.165, 1.54) is 19.2 Å². The van der Waals surface area contributed by atoms with Crippen molar-refractivity contribution >= 4 is 35.1 Å². The summed E-state index contributed by atoms with van der Waals surface area (Å²) in [6.07, 6.45) is 1.08. The smallest absolute Gasteiger partial charge is 0.325 e. The quantitative estimate of drug-likeness (QED) is 0.583. The second kappa shape index (κ2) is 10.4. The predicted octanol–water partition coefficient (Wildman–Crippen LogP) is 1.96. The van der Waals surface area contributed by atoms with Gasteiger partial charge in [-0.25, -0.2) is 0 Å². The molecule has 9 nitrogen and oxygen atoms in total. The topological polar surface area (TPSA) is 123 Å². The van der Waals surface area contributed by atoms with E-state index in [1.807, 2.05) is 0 Å². The van der Waals surface area contributed by atoms with Crippen molar-refractivity contribution in [1.29, 1.82) is 0 Å². The fourth-order valence-electron chi connectivity index (χ4n) is 2.98. The van der Waals surface area contributed by atoms with Gasteiger partial charge in [-0.1, -0.05) is 6.07 Å². The Hall–Kier alpha value is -3.72. The number of rotatable bonds is 7. The fraction of sp³-hybridized carbons (Fsp3) is 0.273. The highest BCUT2D eigenvalue weighted by molar-refractivity contribution is 6.06. The zero-order valence-electron chi connectivity index (χ0n) is 17.0. The summed E-state index contributed by atoms with van der Waals surface area (Å²) < 4.78 is 9.83. The number of nitrogens with one attached hydrogen (secondary N) is 3. The van der Waals surface area contributed by atoms with E-state index in [0.29, 0.717) is 35.5 Å². The Bertz CT molecular complexity index is 967. The Balaban J connectivity index is 1.57. The van der Waals surface area contributed by atoms with Gasteiger partial charge in [0.15, 0.2) is 0 Å². The molecule has 9 heteroatoms. The minimum Gasteiger partial charge on any atom is -0.468 e. The molecule has 1 atom stereocenters. The van der Waals surface area contributed by atoms with Crippen LogP contribution in [0.1, 0.15) is 33.6 Å². The van der Waals surface area contributed by atoms with Gasteiger partial charge in [0, 0.05) is 29.1 Å². The lowest BCUT2D eigenvalue weighted by Crippen LogP contribution is -2.30. The molecule has 1 fully saturated rings. The molecule has 0 aliphatic carbocycles. The first-order valence-corrected chi connectivity index (χ1v) is 9.75. The molecule has 1 heterocycles. The predicted molar refractivity (Wildman–Crippen MR) is 113 cm³/mol. The lowest BCUT2D eigenvalue weighted by molar-refractivity contribution is -0.139. The van der Waals surface area contributed by atoms with Crippen molar-refractivity contribution in [2.24, 2.45) is 0 Å². The van der Waals surface area contributed by atoms with Gasteiger partial charge in [-0.05, 0) is 55.3 Å². The van der Waals surface area contributed by atoms with Crippen LogP contribution in [0.3, 0.4) is 0 Å². The average Bonchev–Trinajstić information content (AvgIpc) is 3.33. The number of ether oxygens (including phenoxy) is 2. The molecule has 0 saturated carbocycles. The van der Waals surface area contributed by atoms with Gasteiger partial charge in [-0.2, -0.15) is 0 Å². The van der Waals surface area contributed by atoms with E-state index in [1.54, 1.807) is 36.4 Å². The molecule has 2 aromatic rings. The molecule has 2 aromatic carbocycles. The maximum absolute atomic E-state index is 12.6. The van der Waals surface area contributed by atoms with Crippen LogP contribution in [0.2, 0.25) is 0 Å². The van der Waals surface area contributed by atoms with Gasteiger partial charge in [0.2, 0.25) is 0 Å². The minimum absolute atomic E-state index is 0.226. The molecule has 0 radical (unpaired) electrons. The molecule has 3 N–H and O–H groups in total. The van der Waals surface area contributed by atoms with Crippen LogP contribution >= 0.6 is 0 Å². The Morgan fingerprint density at radius 1 is 0.968 bits per heavy atom. The summed E-state index contributed by atoms with van der Waals surface area (Å²) in [4.78, 5) is 47.8. The highest BCUT2D eigenvalue weighted by atomic mass is 16.5. The summed E-state index contributed by atoms with van der Waals surface area (Å²) in [5.41, 5.74) is 1.69. The molecule has 31 heavy (non-hydrogen) atoms. The van der Waals surface area contributed by atoms with Crippen molar-refractivity contribution in [2.45, 2.75) is 18.9 Å². The van der Waals surface area contributed by atoms with Crippen LogP contribution in [0, 0.1) is 0 Å². The Morgan fingerprint density at radius 3 is 2.42 bits per heavy atom. The number of hydrogen-bond donors (Lipinski definition) is 3. The van der Waals surface area contributed by atoms with Gasteiger partial charge in [-0.15, -0.1) is 0 Å². The number of carbonyl (C=O) groups is 4. The van der Waals surface area contributed by atoms with Crippen LogP contribution in [0.25, 0.3) is 0 Å². The zero-order valence-corrected chi connectivity index (χ0v) is 17.0. The molecule has 162 valence electrons. The van der Waals surface area contributed by atoms with E-state index in [4.69, 9.17) is 4.74 Å². The summed E-state index contributed by atoms with van der Waals surface area (Å²) in [5.74, 6) is -1.57. The van der Waals surface area contributed by atoms with E-state index >= 15 is 0 Å². The minimum atomic E-state index is -0.550. The largest absolute Gasteiger partial charge is 0.468 e. The number of carbonyl (C=O) groups excluding carboxylic acids is 4. The Morgan fingerprint density at radius 2 is 1.74 bits per heavy atom. The highest BCUT2D eigenvalue weighted by Crippen LogP contribution is 2.17. The monoisotopic (exact) mass is 425 g/mol. The van der Waals surface area contributed by atoms with E-state index < -0.39 is 18.0 Å². The molecule has 1 saturated heterocycles.